The molecule has 0 aliphatic carbocycles. The van der Waals surface area contributed by atoms with Crippen molar-refractivity contribution in [2.24, 2.45) is 7.05 Å². The van der Waals surface area contributed by atoms with Gasteiger partial charge in [0.05, 0.1) is 25.3 Å². The summed E-state index contributed by atoms with van der Waals surface area (Å²) in [5, 5.41) is 21.9. The number of halogens is 1. The van der Waals surface area contributed by atoms with Gasteiger partial charge in [-0.15, -0.1) is 0 Å². The normalized spacial score (nSPS) is 14.2. The quantitative estimate of drug-likeness (QED) is 0.394. The second kappa shape index (κ2) is 11.5. The Morgan fingerprint density at radius 1 is 1.28 bits per heavy atom. The van der Waals surface area contributed by atoms with Gasteiger partial charge in [-0.1, -0.05) is 6.07 Å². The van der Waals surface area contributed by atoms with Gasteiger partial charge < -0.3 is 29.6 Å². The second-order valence-electron chi connectivity index (χ2n) is 8.51. The van der Waals surface area contributed by atoms with E-state index in [4.69, 9.17) is 14.6 Å². The number of carbonyl (C=O) groups is 1. The summed E-state index contributed by atoms with van der Waals surface area (Å²) in [6.07, 6.45) is 1.88. The Balaban J connectivity index is 1.57. The zero-order valence-electron chi connectivity index (χ0n) is 20.0. The van der Waals surface area contributed by atoms with E-state index in [0.717, 1.165) is 18.7 Å². The van der Waals surface area contributed by atoms with Crippen molar-refractivity contribution in [3.05, 3.63) is 63.3 Å². The Kier molecular flexibility index (Phi) is 8.14. The third-order valence-electron chi connectivity index (χ3n) is 6.08. The van der Waals surface area contributed by atoms with Crippen molar-refractivity contribution in [3.8, 4) is 11.5 Å². The van der Waals surface area contributed by atoms with Crippen molar-refractivity contribution in [3.63, 3.8) is 0 Å². The van der Waals surface area contributed by atoms with Gasteiger partial charge in [-0.25, -0.2) is 4.39 Å². The summed E-state index contributed by atoms with van der Waals surface area (Å²) in [6, 6.07) is 6.05. The highest BCUT2D eigenvalue weighted by molar-refractivity contribution is 6.01. The standard InChI is InChI=1S/C25H29FN4O6/c1-29-19-13-16(15-28-22(19)23(32)21(25(29)34)24(33)27-4-8-31)12-17-2-3-18(26)14-20(17)36-11-7-30-5-9-35-10-6-30/h2-3,13-15,31-32H,4-12H2,1H3,(H,27,33). The number of aryl methyl sites for hydroxylation is 1. The summed E-state index contributed by atoms with van der Waals surface area (Å²) < 4.78 is 26.5. The maximum Gasteiger partial charge on any atom is 0.267 e. The number of carbonyl (C=O) groups excluding carboxylic acids is 1. The van der Waals surface area contributed by atoms with Crippen LogP contribution in [0.5, 0.6) is 11.5 Å². The molecule has 1 aliphatic rings. The summed E-state index contributed by atoms with van der Waals surface area (Å²) in [6.45, 7) is 3.78. The van der Waals surface area contributed by atoms with E-state index in [-0.39, 0.29) is 18.7 Å². The van der Waals surface area contributed by atoms with Crippen LogP contribution in [0.2, 0.25) is 0 Å². The van der Waals surface area contributed by atoms with E-state index < -0.39 is 28.6 Å². The average molecular weight is 501 g/mol. The van der Waals surface area contributed by atoms with Crippen LogP contribution >= 0.6 is 0 Å². The third kappa shape index (κ3) is 5.64. The topological polar surface area (TPSA) is 126 Å². The molecule has 10 nitrogen and oxygen atoms in total. The van der Waals surface area contributed by atoms with Crippen LogP contribution in [0.15, 0.2) is 35.3 Å². The van der Waals surface area contributed by atoms with Crippen molar-refractivity contribution in [1.82, 2.24) is 19.8 Å². The Morgan fingerprint density at radius 2 is 2.06 bits per heavy atom. The van der Waals surface area contributed by atoms with Crippen molar-refractivity contribution in [1.29, 1.82) is 0 Å². The number of nitrogens with one attached hydrogen (secondary N) is 1. The molecule has 0 unspecified atom stereocenters. The van der Waals surface area contributed by atoms with E-state index in [1.54, 1.807) is 12.1 Å². The van der Waals surface area contributed by atoms with Gasteiger partial charge in [-0.05, 0) is 23.3 Å². The predicted octanol–water partition coefficient (Wildman–Crippen LogP) is 0.802. The fourth-order valence-corrected chi connectivity index (χ4v) is 4.13. The molecule has 4 rings (SSSR count). The number of rotatable bonds is 9. The maximum atomic E-state index is 14.0. The van der Waals surface area contributed by atoms with Crippen LogP contribution in [0.25, 0.3) is 11.0 Å². The molecule has 0 atom stereocenters. The fraction of sp³-hybridized carbons (Fsp3) is 0.400. The lowest BCUT2D eigenvalue weighted by Gasteiger charge is -2.26. The van der Waals surface area contributed by atoms with Crippen LogP contribution in [0.1, 0.15) is 21.5 Å². The smallest absolute Gasteiger partial charge is 0.267 e. The fourth-order valence-electron chi connectivity index (χ4n) is 4.13. The van der Waals surface area contributed by atoms with Gasteiger partial charge in [0.25, 0.3) is 11.5 Å². The number of aliphatic hydroxyl groups excluding tert-OH is 1. The molecule has 2 aromatic heterocycles. The highest BCUT2D eigenvalue weighted by Gasteiger charge is 2.22. The Morgan fingerprint density at radius 3 is 2.81 bits per heavy atom. The zero-order valence-corrected chi connectivity index (χ0v) is 20.0. The van der Waals surface area contributed by atoms with Gasteiger partial charge in [0, 0.05) is 51.9 Å². The molecule has 3 heterocycles. The first kappa shape index (κ1) is 25.5. The molecular weight excluding hydrogens is 471 g/mol. The molecule has 1 saturated heterocycles. The SMILES string of the molecule is Cn1c(=O)c(C(=O)NCCO)c(O)c2ncc(Cc3ccc(F)cc3OCCN3CCOCC3)cc21. The van der Waals surface area contributed by atoms with Crippen LogP contribution in [-0.2, 0) is 18.2 Å². The first-order chi connectivity index (χ1) is 17.4. The molecule has 0 radical (unpaired) electrons. The number of morpholine rings is 1. The summed E-state index contributed by atoms with van der Waals surface area (Å²) in [5.74, 6) is -1.30. The van der Waals surface area contributed by atoms with Gasteiger partial charge in [0.15, 0.2) is 5.75 Å². The van der Waals surface area contributed by atoms with E-state index in [1.165, 1.54) is 29.9 Å². The van der Waals surface area contributed by atoms with E-state index in [2.05, 4.69) is 15.2 Å². The van der Waals surface area contributed by atoms with Gasteiger partial charge in [-0.3, -0.25) is 19.5 Å². The number of aliphatic hydroxyl groups is 1. The number of fused-ring (bicyclic) bond motifs is 1. The second-order valence-corrected chi connectivity index (χ2v) is 8.51. The molecule has 1 aliphatic heterocycles. The Hall–Kier alpha value is -3.54. The Labute approximate surface area is 206 Å². The first-order valence-corrected chi connectivity index (χ1v) is 11.7. The molecule has 36 heavy (non-hydrogen) atoms. The van der Waals surface area contributed by atoms with Gasteiger partial charge in [0.2, 0.25) is 0 Å². The number of pyridine rings is 2. The molecule has 0 saturated carbocycles. The Bertz CT molecular complexity index is 1310. The zero-order chi connectivity index (χ0) is 25.7. The van der Waals surface area contributed by atoms with E-state index in [1.807, 2.05) is 0 Å². The van der Waals surface area contributed by atoms with Gasteiger partial charge >= 0.3 is 0 Å². The number of aromatic hydroxyl groups is 1. The van der Waals surface area contributed by atoms with E-state index in [9.17, 15) is 19.1 Å². The lowest BCUT2D eigenvalue weighted by atomic mass is 10.0. The van der Waals surface area contributed by atoms with Crippen LogP contribution in [0.4, 0.5) is 4.39 Å². The van der Waals surface area contributed by atoms with E-state index in [0.29, 0.717) is 49.6 Å². The summed E-state index contributed by atoms with van der Waals surface area (Å²) in [4.78, 5) is 31.6. The molecule has 3 N–H and O–H groups in total. The number of hydrogen-bond acceptors (Lipinski definition) is 8. The molecule has 11 heteroatoms. The average Bonchev–Trinajstić information content (AvgIpc) is 2.88. The number of ether oxygens (including phenoxy) is 2. The summed E-state index contributed by atoms with van der Waals surface area (Å²) in [7, 11) is 1.48. The number of nitrogens with zero attached hydrogens (tertiary/aromatic N) is 3. The summed E-state index contributed by atoms with van der Waals surface area (Å²) >= 11 is 0. The molecule has 3 aromatic rings. The minimum atomic E-state index is -0.792. The minimum Gasteiger partial charge on any atom is -0.505 e. The molecule has 0 bridgehead atoms. The molecule has 1 amide bonds. The molecule has 0 spiro atoms. The molecular formula is C25H29FN4O6. The van der Waals surface area contributed by atoms with Crippen LogP contribution in [0.3, 0.4) is 0 Å². The first-order valence-electron chi connectivity index (χ1n) is 11.7. The number of hydrogen-bond donors (Lipinski definition) is 3. The highest BCUT2D eigenvalue weighted by atomic mass is 19.1. The van der Waals surface area contributed by atoms with Crippen LogP contribution in [0, 0.1) is 5.82 Å². The van der Waals surface area contributed by atoms with Crippen molar-refractivity contribution in [2.75, 3.05) is 52.6 Å². The monoisotopic (exact) mass is 500 g/mol. The number of amides is 1. The molecule has 1 fully saturated rings. The lowest BCUT2D eigenvalue weighted by molar-refractivity contribution is 0.0322. The highest BCUT2D eigenvalue weighted by Crippen LogP contribution is 2.27. The lowest BCUT2D eigenvalue weighted by Crippen LogP contribution is -2.38. The minimum absolute atomic E-state index is 0.0552. The van der Waals surface area contributed by atoms with Crippen LogP contribution in [-0.4, -0.2) is 83.2 Å². The van der Waals surface area contributed by atoms with Crippen molar-refractivity contribution >= 4 is 16.9 Å². The number of benzene rings is 1. The van der Waals surface area contributed by atoms with Crippen molar-refractivity contribution in [2.45, 2.75) is 6.42 Å². The van der Waals surface area contributed by atoms with Crippen LogP contribution < -0.4 is 15.6 Å². The maximum absolute atomic E-state index is 14.0. The van der Waals surface area contributed by atoms with E-state index >= 15 is 0 Å². The van der Waals surface area contributed by atoms with Gasteiger partial charge in [0.1, 0.15) is 29.3 Å². The number of aromatic nitrogens is 2. The largest absolute Gasteiger partial charge is 0.505 e. The molecule has 192 valence electrons. The van der Waals surface area contributed by atoms with Gasteiger partial charge in [-0.2, -0.15) is 0 Å². The summed E-state index contributed by atoms with van der Waals surface area (Å²) in [5.41, 5.74) is 0.756. The van der Waals surface area contributed by atoms with Crippen molar-refractivity contribution < 1.29 is 28.9 Å². The predicted molar refractivity (Wildman–Crippen MR) is 130 cm³/mol. The molecule has 1 aromatic carbocycles. The third-order valence-corrected chi connectivity index (χ3v) is 6.08.